The van der Waals surface area contributed by atoms with E-state index in [4.69, 9.17) is 24.2 Å². The van der Waals surface area contributed by atoms with Crippen molar-refractivity contribution in [2.75, 3.05) is 6.61 Å². The van der Waals surface area contributed by atoms with Crippen molar-refractivity contribution in [1.82, 2.24) is 9.55 Å². The molecule has 120 valence electrons. The van der Waals surface area contributed by atoms with Crippen LogP contribution in [0.2, 0.25) is 0 Å². The molecule has 0 bridgehead atoms. The summed E-state index contributed by atoms with van der Waals surface area (Å²) < 4.78 is 15.6. The predicted octanol–water partition coefficient (Wildman–Crippen LogP) is -2.78. The van der Waals surface area contributed by atoms with Crippen molar-refractivity contribution in [3.63, 3.8) is 0 Å². The summed E-state index contributed by atoms with van der Waals surface area (Å²) in [5.74, 6) is 0. The highest BCUT2D eigenvalue weighted by Gasteiger charge is 2.34. The molecular formula is C9H16N3O8P. The fraction of sp³-hybridized carbons (Fsp3) is 0.556. The van der Waals surface area contributed by atoms with Crippen molar-refractivity contribution >= 4 is 7.75 Å². The molecule has 3 atom stereocenters. The minimum atomic E-state index is -4.14. The Kier molecular flexibility index (Phi) is 5.98. The molecule has 2 rings (SSSR count). The molecule has 7 N–H and O–H groups in total. The molecule has 1 aliphatic heterocycles. The number of H-pyrrole nitrogens is 1. The lowest BCUT2D eigenvalue weighted by molar-refractivity contribution is -0.0459. The number of hydrogen-bond donors (Lipinski definition) is 6. The van der Waals surface area contributed by atoms with Crippen LogP contribution in [0.5, 0.6) is 0 Å². The van der Waals surface area contributed by atoms with E-state index in [1.54, 1.807) is 0 Å². The number of aromatic nitrogens is 2. The second-order valence-electron chi connectivity index (χ2n) is 4.22. The molecule has 21 heavy (non-hydrogen) atoms. The highest BCUT2D eigenvalue weighted by Crippen LogP contribution is 2.26. The Labute approximate surface area is 117 Å². The van der Waals surface area contributed by atoms with Gasteiger partial charge in [-0.1, -0.05) is 0 Å². The summed E-state index contributed by atoms with van der Waals surface area (Å²) in [6.07, 6.45) is -0.649. The molecule has 1 aliphatic rings. The Balaban J connectivity index is 0.000000383. The van der Waals surface area contributed by atoms with Crippen LogP contribution in [0.3, 0.4) is 0 Å². The lowest BCUT2D eigenvalue weighted by Gasteiger charge is -2.13. The number of rotatable bonds is 2. The van der Waals surface area contributed by atoms with E-state index in [1.165, 1.54) is 16.8 Å². The molecule has 0 spiro atoms. The van der Waals surface area contributed by atoms with E-state index in [1.807, 2.05) is 0 Å². The van der Waals surface area contributed by atoms with E-state index in [0.29, 0.717) is 0 Å². The Morgan fingerprint density at radius 3 is 2.48 bits per heavy atom. The monoisotopic (exact) mass is 325 g/mol. The molecular weight excluding hydrogens is 309 g/mol. The van der Waals surface area contributed by atoms with Crippen LogP contribution in [-0.2, 0) is 9.30 Å². The summed E-state index contributed by atoms with van der Waals surface area (Å²) in [4.78, 5) is 39.2. The molecule has 1 aromatic heterocycles. The van der Waals surface area contributed by atoms with Crippen molar-refractivity contribution in [3.05, 3.63) is 33.1 Å². The van der Waals surface area contributed by atoms with E-state index in [9.17, 15) is 14.7 Å². The molecule has 1 unspecified atom stereocenters. The summed E-state index contributed by atoms with van der Waals surface area (Å²) in [6, 6.07) is 1.20. The van der Waals surface area contributed by atoms with E-state index in [0.717, 1.165) is 0 Å². The third-order valence-corrected chi connectivity index (χ3v) is 2.55. The number of nitrogens with two attached hydrogens (primary N) is 1. The SMILES string of the molecule is NP(=O)(O)O.O=c1ccn(C2C[C@H](O)[C@@H](CO)O2)c(=O)[nH]1. The topological polar surface area (TPSA) is 188 Å². The van der Waals surface area contributed by atoms with Gasteiger partial charge in [0.05, 0.1) is 12.7 Å². The van der Waals surface area contributed by atoms with E-state index < -0.39 is 37.4 Å². The van der Waals surface area contributed by atoms with Crippen molar-refractivity contribution in [2.45, 2.75) is 24.9 Å². The maximum absolute atomic E-state index is 11.4. The highest BCUT2D eigenvalue weighted by atomic mass is 31.2. The molecule has 0 radical (unpaired) electrons. The number of nitrogens with zero attached hydrogens (tertiary/aromatic N) is 1. The largest absolute Gasteiger partial charge is 0.397 e. The van der Waals surface area contributed by atoms with Gasteiger partial charge in [0.25, 0.3) is 5.56 Å². The van der Waals surface area contributed by atoms with Gasteiger partial charge in [-0.15, -0.1) is 0 Å². The van der Waals surface area contributed by atoms with E-state index in [2.05, 4.69) is 10.5 Å². The molecule has 2 heterocycles. The van der Waals surface area contributed by atoms with E-state index in [-0.39, 0.29) is 13.0 Å². The van der Waals surface area contributed by atoms with Gasteiger partial charge in [0.15, 0.2) is 0 Å². The molecule has 12 heteroatoms. The smallest absolute Gasteiger partial charge is 0.394 e. The third-order valence-electron chi connectivity index (χ3n) is 2.55. The minimum absolute atomic E-state index is 0.206. The van der Waals surface area contributed by atoms with Gasteiger partial charge < -0.3 is 24.7 Å². The van der Waals surface area contributed by atoms with Crippen LogP contribution in [0.1, 0.15) is 12.6 Å². The molecule has 0 aliphatic carbocycles. The van der Waals surface area contributed by atoms with Crippen LogP contribution in [0.25, 0.3) is 0 Å². The summed E-state index contributed by atoms with van der Waals surface area (Å²) >= 11 is 0. The Morgan fingerprint density at radius 2 is 2.05 bits per heavy atom. The lowest BCUT2D eigenvalue weighted by Crippen LogP contribution is -2.31. The van der Waals surface area contributed by atoms with Gasteiger partial charge in [-0.25, -0.2) is 14.9 Å². The zero-order valence-corrected chi connectivity index (χ0v) is 11.6. The van der Waals surface area contributed by atoms with Crippen LogP contribution in [0, 0.1) is 0 Å². The summed E-state index contributed by atoms with van der Waals surface area (Å²) in [5, 5.41) is 18.4. The van der Waals surface area contributed by atoms with Crippen LogP contribution >= 0.6 is 7.75 Å². The number of nitrogens with one attached hydrogen (secondary N) is 1. The van der Waals surface area contributed by atoms with Crippen molar-refractivity contribution < 1.29 is 29.3 Å². The van der Waals surface area contributed by atoms with Crippen LogP contribution < -0.4 is 16.8 Å². The van der Waals surface area contributed by atoms with Gasteiger partial charge in [0, 0.05) is 18.7 Å². The Hall–Kier alpha value is -1.33. The van der Waals surface area contributed by atoms with Crippen LogP contribution in [0.15, 0.2) is 21.9 Å². The van der Waals surface area contributed by atoms with Crippen molar-refractivity contribution in [3.8, 4) is 0 Å². The van der Waals surface area contributed by atoms with Gasteiger partial charge >= 0.3 is 13.4 Å². The average molecular weight is 325 g/mol. The Bertz CT molecular complexity index is 614. The first kappa shape index (κ1) is 17.7. The molecule has 1 saturated heterocycles. The van der Waals surface area contributed by atoms with Gasteiger partial charge in [0.1, 0.15) is 12.3 Å². The van der Waals surface area contributed by atoms with Crippen molar-refractivity contribution in [2.24, 2.45) is 5.50 Å². The van der Waals surface area contributed by atoms with Gasteiger partial charge in [-0.3, -0.25) is 14.3 Å². The third kappa shape index (κ3) is 5.89. The normalized spacial score (nSPS) is 25.3. The Morgan fingerprint density at radius 1 is 1.48 bits per heavy atom. The molecule has 11 nitrogen and oxygen atoms in total. The van der Waals surface area contributed by atoms with Gasteiger partial charge in [-0.2, -0.15) is 0 Å². The first-order chi connectivity index (χ1) is 9.61. The standard InChI is InChI=1S/C9H12N2O5.H4NO3P/c12-4-6-5(13)3-8(16-6)11-2-1-7(14)10-9(11)15;1-5(2,3)4/h1-2,5-6,8,12-13H,3-4H2,(H,10,14,15);(H4,1,2,3,4)/t5-,6+,8?;/m0./s1. The number of aliphatic hydroxyl groups is 2. The lowest BCUT2D eigenvalue weighted by atomic mass is 10.2. The van der Waals surface area contributed by atoms with Crippen LogP contribution in [0.4, 0.5) is 0 Å². The number of ether oxygens (including phenoxy) is 1. The highest BCUT2D eigenvalue weighted by molar-refractivity contribution is 7.49. The van der Waals surface area contributed by atoms with Gasteiger partial charge in [-0.05, 0) is 0 Å². The zero-order chi connectivity index (χ0) is 16.2. The summed E-state index contributed by atoms with van der Waals surface area (Å²) in [6.45, 7) is -0.310. The first-order valence-corrected chi connectivity index (χ1v) is 7.40. The van der Waals surface area contributed by atoms with Crippen LogP contribution in [-0.4, -0.2) is 48.4 Å². The quantitative estimate of drug-likeness (QED) is 0.312. The zero-order valence-electron chi connectivity index (χ0n) is 10.7. The number of aliphatic hydroxyl groups excluding tert-OH is 2. The predicted molar refractivity (Wildman–Crippen MR) is 69.2 cm³/mol. The number of aromatic amines is 1. The average Bonchev–Trinajstić information content (AvgIpc) is 2.68. The second kappa shape index (κ2) is 7.09. The molecule has 1 fully saturated rings. The molecule has 0 saturated carbocycles. The molecule has 1 aromatic rings. The maximum atomic E-state index is 11.4. The minimum Gasteiger partial charge on any atom is -0.394 e. The summed E-state index contributed by atoms with van der Waals surface area (Å²) in [7, 11) is -4.14. The molecule has 0 amide bonds. The molecule has 0 aromatic carbocycles. The van der Waals surface area contributed by atoms with E-state index >= 15 is 0 Å². The van der Waals surface area contributed by atoms with Crippen molar-refractivity contribution in [1.29, 1.82) is 0 Å². The fourth-order valence-electron chi connectivity index (χ4n) is 1.70. The maximum Gasteiger partial charge on any atom is 0.397 e. The summed E-state index contributed by atoms with van der Waals surface area (Å²) in [5.41, 5.74) is 2.94. The fourth-order valence-corrected chi connectivity index (χ4v) is 1.70. The second-order valence-corrected chi connectivity index (χ2v) is 5.40. The first-order valence-electron chi connectivity index (χ1n) is 5.71. The van der Waals surface area contributed by atoms with Gasteiger partial charge in [0.2, 0.25) is 0 Å². The number of hydrogen-bond acceptors (Lipinski definition) is 6.